The lowest BCUT2D eigenvalue weighted by Gasteiger charge is -2.33. The summed E-state index contributed by atoms with van der Waals surface area (Å²) in [4.78, 5) is 28.8. The first-order chi connectivity index (χ1) is 12.0. The van der Waals surface area contributed by atoms with Crippen molar-refractivity contribution < 1.29 is 14.3 Å². The van der Waals surface area contributed by atoms with Gasteiger partial charge in [-0.3, -0.25) is 9.59 Å². The van der Waals surface area contributed by atoms with Crippen LogP contribution in [0.1, 0.15) is 19.3 Å². The van der Waals surface area contributed by atoms with Gasteiger partial charge in [-0.2, -0.15) is 0 Å². The van der Waals surface area contributed by atoms with Crippen molar-refractivity contribution in [2.45, 2.75) is 25.3 Å². The van der Waals surface area contributed by atoms with Crippen LogP contribution < -0.4 is 15.0 Å². The average molecular weight is 402 g/mol. The molecule has 3 rings (SSSR count). The van der Waals surface area contributed by atoms with Crippen molar-refractivity contribution in [2.75, 3.05) is 38.7 Å². The van der Waals surface area contributed by atoms with Crippen LogP contribution in [0.15, 0.2) is 18.2 Å². The summed E-state index contributed by atoms with van der Waals surface area (Å²) < 4.78 is 5.34. The lowest BCUT2D eigenvalue weighted by atomic mass is 10.0. The molecule has 144 valence electrons. The van der Waals surface area contributed by atoms with Gasteiger partial charge in [0, 0.05) is 31.1 Å². The van der Waals surface area contributed by atoms with Gasteiger partial charge in [0.2, 0.25) is 11.8 Å². The predicted molar refractivity (Wildman–Crippen MR) is 104 cm³/mol. The van der Waals surface area contributed by atoms with Crippen molar-refractivity contribution in [3.8, 4) is 5.75 Å². The maximum Gasteiger partial charge on any atom is 0.228 e. The van der Waals surface area contributed by atoms with E-state index in [1.165, 1.54) is 0 Å². The van der Waals surface area contributed by atoms with Crippen molar-refractivity contribution in [1.82, 2.24) is 10.2 Å². The van der Waals surface area contributed by atoms with Crippen molar-refractivity contribution >= 4 is 41.5 Å². The fourth-order valence-corrected chi connectivity index (χ4v) is 3.81. The minimum atomic E-state index is -0.323. The SMILES string of the molecule is COc1ccc(Cl)cc1N1CC(C(=O)N(C)C2CCNCC2)CC1=O.Cl. The fraction of sp³-hybridized carbons (Fsp3) is 0.556. The van der Waals surface area contributed by atoms with E-state index in [2.05, 4.69) is 5.32 Å². The summed E-state index contributed by atoms with van der Waals surface area (Å²) in [5.74, 6) is 0.231. The number of methoxy groups -OCH3 is 1. The van der Waals surface area contributed by atoms with E-state index in [4.69, 9.17) is 16.3 Å². The Kier molecular flexibility index (Phi) is 7.15. The van der Waals surface area contributed by atoms with Gasteiger partial charge in [-0.1, -0.05) is 11.6 Å². The molecule has 1 unspecified atom stereocenters. The molecule has 2 fully saturated rings. The number of amides is 2. The van der Waals surface area contributed by atoms with Crippen LogP contribution in [-0.4, -0.2) is 56.5 Å². The largest absolute Gasteiger partial charge is 0.495 e. The van der Waals surface area contributed by atoms with Crippen LogP contribution in [0.2, 0.25) is 5.02 Å². The van der Waals surface area contributed by atoms with E-state index < -0.39 is 0 Å². The van der Waals surface area contributed by atoms with Gasteiger partial charge in [-0.25, -0.2) is 0 Å². The van der Waals surface area contributed by atoms with E-state index in [0.29, 0.717) is 23.0 Å². The number of carbonyl (C=O) groups excluding carboxylic acids is 2. The zero-order chi connectivity index (χ0) is 18.0. The number of halogens is 2. The highest BCUT2D eigenvalue weighted by Gasteiger charge is 2.38. The predicted octanol–water partition coefficient (Wildman–Crippen LogP) is 2.33. The molecule has 1 aromatic rings. The fourth-order valence-electron chi connectivity index (χ4n) is 3.64. The van der Waals surface area contributed by atoms with Gasteiger partial charge < -0.3 is 19.9 Å². The summed E-state index contributed by atoms with van der Waals surface area (Å²) in [5.41, 5.74) is 0.625. The van der Waals surface area contributed by atoms with E-state index in [-0.39, 0.29) is 42.6 Å². The number of hydrogen-bond acceptors (Lipinski definition) is 4. The zero-order valence-electron chi connectivity index (χ0n) is 15.0. The van der Waals surface area contributed by atoms with Crippen LogP contribution >= 0.6 is 24.0 Å². The average Bonchev–Trinajstić information content (AvgIpc) is 3.02. The number of nitrogens with one attached hydrogen (secondary N) is 1. The Bertz CT molecular complexity index is 665. The summed E-state index contributed by atoms with van der Waals surface area (Å²) in [5, 5.41) is 3.84. The first kappa shape index (κ1) is 20.8. The van der Waals surface area contributed by atoms with Crippen LogP contribution in [-0.2, 0) is 9.59 Å². The van der Waals surface area contributed by atoms with Gasteiger partial charge in [0.25, 0.3) is 0 Å². The highest BCUT2D eigenvalue weighted by Crippen LogP contribution is 2.35. The van der Waals surface area contributed by atoms with Crippen molar-refractivity contribution in [1.29, 1.82) is 0 Å². The molecule has 26 heavy (non-hydrogen) atoms. The van der Waals surface area contributed by atoms with Crippen LogP contribution in [0.4, 0.5) is 5.69 Å². The van der Waals surface area contributed by atoms with Gasteiger partial charge in [0.15, 0.2) is 0 Å². The molecule has 8 heteroatoms. The minimum Gasteiger partial charge on any atom is -0.495 e. The Labute approximate surface area is 165 Å². The van der Waals surface area contributed by atoms with E-state index in [1.54, 1.807) is 30.2 Å². The third-order valence-corrected chi connectivity index (χ3v) is 5.35. The summed E-state index contributed by atoms with van der Waals surface area (Å²) >= 11 is 6.08. The molecule has 0 aliphatic carbocycles. The molecule has 0 saturated carbocycles. The zero-order valence-corrected chi connectivity index (χ0v) is 16.6. The molecule has 6 nitrogen and oxygen atoms in total. The van der Waals surface area contributed by atoms with Crippen LogP contribution in [0.5, 0.6) is 5.75 Å². The van der Waals surface area contributed by atoms with Gasteiger partial charge in [-0.15, -0.1) is 12.4 Å². The molecule has 0 bridgehead atoms. The van der Waals surface area contributed by atoms with Crippen molar-refractivity contribution in [2.24, 2.45) is 5.92 Å². The number of nitrogens with zero attached hydrogens (tertiary/aromatic N) is 2. The monoisotopic (exact) mass is 401 g/mol. The summed E-state index contributed by atoms with van der Waals surface area (Å²) in [6.07, 6.45) is 2.13. The Morgan fingerprint density at radius 3 is 2.69 bits per heavy atom. The van der Waals surface area contributed by atoms with E-state index in [9.17, 15) is 9.59 Å². The number of carbonyl (C=O) groups is 2. The summed E-state index contributed by atoms with van der Waals surface area (Å²) in [6.45, 7) is 2.22. The lowest BCUT2D eigenvalue weighted by Crippen LogP contribution is -2.46. The Morgan fingerprint density at radius 2 is 2.04 bits per heavy atom. The van der Waals surface area contributed by atoms with E-state index >= 15 is 0 Å². The molecular weight excluding hydrogens is 377 g/mol. The third kappa shape index (κ3) is 4.24. The van der Waals surface area contributed by atoms with Gasteiger partial charge in [-0.05, 0) is 44.1 Å². The highest BCUT2D eigenvalue weighted by atomic mass is 35.5. The highest BCUT2D eigenvalue weighted by molar-refractivity contribution is 6.31. The molecule has 2 heterocycles. The van der Waals surface area contributed by atoms with Crippen LogP contribution in [0, 0.1) is 5.92 Å². The maximum atomic E-state index is 12.9. The van der Waals surface area contributed by atoms with E-state index in [1.807, 2.05) is 11.9 Å². The molecule has 1 N–H and O–H groups in total. The van der Waals surface area contributed by atoms with Gasteiger partial charge in [0.05, 0.1) is 18.7 Å². The number of anilines is 1. The molecule has 0 radical (unpaired) electrons. The van der Waals surface area contributed by atoms with Crippen molar-refractivity contribution in [3.63, 3.8) is 0 Å². The number of rotatable bonds is 4. The molecule has 0 spiro atoms. The molecule has 1 aromatic carbocycles. The second-order valence-corrected chi connectivity index (χ2v) is 7.09. The number of piperidine rings is 1. The van der Waals surface area contributed by atoms with Crippen LogP contribution in [0.25, 0.3) is 0 Å². The Morgan fingerprint density at radius 1 is 1.35 bits per heavy atom. The van der Waals surface area contributed by atoms with E-state index in [0.717, 1.165) is 25.9 Å². The number of hydrogen-bond donors (Lipinski definition) is 1. The normalized spacial score (nSPS) is 20.7. The molecule has 1 atom stereocenters. The van der Waals surface area contributed by atoms with Crippen LogP contribution in [0.3, 0.4) is 0 Å². The second kappa shape index (κ2) is 8.93. The minimum absolute atomic E-state index is 0. The molecule has 2 amide bonds. The molecule has 2 saturated heterocycles. The van der Waals surface area contributed by atoms with Gasteiger partial charge in [0.1, 0.15) is 5.75 Å². The Balaban J connectivity index is 0.00000243. The first-order valence-electron chi connectivity index (χ1n) is 8.62. The third-order valence-electron chi connectivity index (χ3n) is 5.11. The quantitative estimate of drug-likeness (QED) is 0.840. The molecular formula is C18H25Cl2N3O3. The first-order valence-corrected chi connectivity index (χ1v) is 9.00. The lowest BCUT2D eigenvalue weighted by molar-refractivity contribution is -0.137. The molecule has 0 aromatic heterocycles. The topological polar surface area (TPSA) is 61.9 Å². The number of ether oxygens (including phenoxy) is 1. The summed E-state index contributed by atoms with van der Waals surface area (Å²) in [6, 6.07) is 5.42. The number of benzene rings is 1. The van der Waals surface area contributed by atoms with Crippen molar-refractivity contribution in [3.05, 3.63) is 23.2 Å². The smallest absolute Gasteiger partial charge is 0.228 e. The second-order valence-electron chi connectivity index (χ2n) is 6.65. The Hall–Kier alpha value is -1.50. The molecule has 2 aliphatic heterocycles. The standard InChI is InChI=1S/C18H24ClN3O3.ClH/c1-21(14-5-7-20-8-6-14)18(24)12-9-17(23)22(11-12)15-10-13(19)3-4-16(15)25-2;/h3-4,10,12,14,20H,5-9,11H2,1-2H3;1H. The maximum absolute atomic E-state index is 12.9. The van der Waals surface area contributed by atoms with Gasteiger partial charge >= 0.3 is 0 Å². The molecule has 2 aliphatic rings. The summed E-state index contributed by atoms with van der Waals surface area (Å²) in [7, 11) is 3.41.